The number of benzene rings is 1. The summed E-state index contributed by atoms with van der Waals surface area (Å²) in [5.74, 6) is -0.234. The summed E-state index contributed by atoms with van der Waals surface area (Å²) in [5, 5.41) is 11.2. The van der Waals surface area contributed by atoms with Gasteiger partial charge in [-0.15, -0.1) is 0 Å². The predicted molar refractivity (Wildman–Crippen MR) is 85.0 cm³/mol. The van der Waals surface area contributed by atoms with Crippen LogP contribution in [0.1, 0.15) is 16.2 Å². The molecule has 22 heavy (non-hydrogen) atoms. The molecule has 1 aromatic carbocycles. The second-order valence-corrected chi connectivity index (χ2v) is 5.67. The first-order valence-corrected chi connectivity index (χ1v) is 7.30. The minimum atomic E-state index is -0.234. The third kappa shape index (κ3) is 2.77. The first kappa shape index (κ1) is 14.5. The maximum Gasteiger partial charge on any atom is 0.273 e. The zero-order chi connectivity index (χ0) is 15.7. The highest BCUT2D eigenvalue weighted by atomic mass is 79.9. The highest BCUT2D eigenvalue weighted by molar-refractivity contribution is 9.10. The number of nitrogens with one attached hydrogen (secondary N) is 1. The van der Waals surface area contributed by atoms with Gasteiger partial charge in [0.15, 0.2) is 0 Å². The number of carbonyl (C=O) groups excluding carboxylic acids is 1. The Morgan fingerprint density at radius 1 is 1.32 bits per heavy atom. The van der Waals surface area contributed by atoms with Gasteiger partial charge in [0, 0.05) is 11.5 Å². The lowest BCUT2D eigenvalue weighted by Gasteiger charge is -2.11. The molecule has 0 bridgehead atoms. The van der Waals surface area contributed by atoms with Crippen LogP contribution in [0.4, 0.5) is 5.69 Å². The van der Waals surface area contributed by atoms with Crippen LogP contribution in [0.3, 0.4) is 0 Å². The lowest BCUT2D eigenvalue weighted by atomic mass is 10.2. The second-order valence-electron chi connectivity index (χ2n) is 4.75. The quantitative estimate of drug-likeness (QED) is 0.777. The molecule has 0 atom stereocenters. The molecule has 0 fully saturated rings. The Balaban J connectivity index is 1.96. The van der Waals surface area contributed by atoms with Gasteiger partial charge in [0.1, 0.15) is 18.3 Å². The first-order chi connectivity index (χ1) is 10.5. The van der Waals surface area contributed by atoms with E-state index in [9.17, 15) is 4.79 Å². The number of amides is 1. The summed E-state index contributed by atoms with van der Waals surface area (Å²) in [4.78, 5) is 16.4. The van der Waals surface area contributed by atoms with Crippen molar-refractivity contribution in [1.29, 1.82) is 0 Å². The second kappa shape index (κ2) is 5.72. The Labute approximate surface area is 135 Å². The minimum absolute atomic E-state index is 0.234. The third-order valence-electron chi connectivity index (χ3n) is 3.11. The number of aromatic nitrogens is 5. The standard InChI is InChI=1S/C14H13BrN6O/c1-9-5-13(20(2)19-9)14(22)18-11-6-10(15)3-4-12(11)21-8-16-7-17-21/h3-8H,1-2H3,(H,18,22). The van der Waals surface area contributed by atoms with Gasteiger partial charge < -0.3 is 5.32 Å². The lowest BCUT2D eigenvalue weighted by Crippen LogP contribution is -2.17. The van der Waals surface area contributed by atoms with E-state index in [4.69, 9.17) is 0 Å². The number of hydrogen-bond acceptors (Lipinski definition) is 4. The molecule has 3 rings (SSSR count). The summed E-state index contributed by atoms with van der Waals surface area (Å²) in [7, 11) is 1.74. The van der Waals surface area contributed by atoms with E-state index < -0.39 is 0 Å². The van der Waals surface area contributed by atoms with Crippen molar-refractivity contribution >= 4 is 27.5 Å². The van der Waals surface area contributed by atoms with E-state index in [1.54, 1.807) is 28.8 Å². The van der Waals surface area contributed by atoms with E-state index in [1.807, 2.05) is 25.1 Å². The summed E-state index contributed by atoms with van der Waals surface area (Å²) in [6.45, 7) is 1.84. The number of hydrogen-bond donors (Lipinski definition) is 1. The Morgan fingerprint density at radius 2 is 2.14 bits per heavy atom. The van der Waals surface area contributed by atoms with Crippen molar-refractivity contribution in [3.63, 3.8) is 0 Å². The first-order valence-electron chi connectivity index (χ1n) is 6.51. The molecule has 0 unspecified atom stereocenters. The average molecular weight is 361 g/mol. The van der Waals surface area contributed by atoms with E-state index >= 15 is 0 Å². The van der Waals surface area contributed by atoms with Crippen molar-refractivity contribution in [3.05, 3.63) is 52.8 Å². The Morgan fingerprint density at radius 3 is 2.77 bits per heavy atom. The van der Waals surface area contributed by atoms with Gasteiger partial charge in [-0.25, -0.2) is 9.67 Å². The van der Waals surface area contributed by atoms with Gasteiger partial charge in [0.2, 0.25) is 0 Å². The van der Waals surface area contributed by atoms with Crippen LogP contribution in [0.2, 0.25) is 0 Å². The van der Waals surface area contributed by atoms with E-state index in [0.717, 1.165) is 15.9 Å². The predicted octanol–water partition coefficient (Wildman–Crippen LogP) is 2.32. The van der Waals surface area contributed by atoms with Gasteiger partial charge in [-0.3, -0.25) is 9.48 Å². The van der Waals surface area contributed by atoms with Gasteiger partial charge in [-0.05, 0) is 31.2 Å². The van der Waals surface area contributed by atoms with Crippen LogP contribution in [-0.4, -0.2) is 30.5 Å². The zero-order valence-electron chi connectivity index (χ0n) is 12.0. The SMILES string of the molecule is Cc1cc(C(=O)Nc2cc(Br)ccc2-n2cncn2)n(C)n1. The van der Waals surface area contributed by atoms with Crippen LogP contribution in [0, 0.1) is 6.92 Å². The number of nitrogens with zero attached hydrogens (tertiary/aromatic N) is 5. The highest BCUT2D eigenvalue weighted by Gasteiger charge is 2.15. The van der Waals surface area contributed by atoms with E-state index in [0.29, 0.717) is 11.4 Å². The zero-order valence-corrected chi connectivity index (χ0v) is 13.6. The van der Waals surface area contributed by atoms with Crippen LogP contribution >= 0.6 is 15.9 Å². The largest absolute Gasteiger partial charge is 0.319 e. The minimum Gasteiger partial charge on any atom is -0.319 e. The van der Waals surface area contributed by atoms with Crippen LogP contribution in [0.15, 0.2) is 41.4 Å². The van der Waals surface area contributed by atoms with Gasteiger partial charge >= 0.3 is 0 Å². The molecule has 1 amide bonds. The maximum absolute atomic E-state index is 12.4. The summed E-state index contributed by atoms with van der Waals surface area (Å²) in [6, 6.07) is 7.28. The van der Waals surface area contributed by atoms with Crippen molar-refractivity contribution < 1.29 is 4.79 Å². The molecule has 1 N–H and O–H groups in total. The fraction of sp³-hybridized carbons (Fsp3) is 0.143. The molecule has 0 spiro atoms. The number of rotatable bonds is 3. The van der Waals surface area contributed by atoms with Gasteiger partial charge in [0.05, 0.1) is 17.1 Å². The van der Waals surface area contributed by atoms with E-state index in [2.05, 4.69) is 36.4 Å². The Hall–Kier alpha value is -2.48. The fourth-order valence-electron chi connectivity index (χ4n) is 2.15. The molecular formula is C14H13BrN6O. The molecule has 0 aliphatic carbocycles. The molecule has 0 aliphatic heterocycles. The molecule has 7 nitrogen and oxygen atoms in total. The van der Waals surface area contributed by atoms with Crippen LogP contribution in [0.5, 0.6) is 0 Å². The normalized spacial score (nSPS) is 10.7. The van der Waals surface area contributed by atoms with Crippen molar-refractivity contribution in [1.82, 2.24) is 24.5 Å². The third-order valence-corrected chi connectivity index (χ3v) is 3.60. The summed E-state index contributed by atoms with van der Waals surface area (Å²) < 4.78 is 4.00. The molecule has 0 saturated heterocycles. The molecular weight excluding hydrogens is 348 g/mol. The molecule has 2 heterocycles. The van der Waals surface area contributed by atoms with Crippen molar-refractivity contribution in [2.75, 3.05) is 5.32 Å². The summed E-state index contributed by atoms with van der Waals surface area (Å²) in [6.07, 6.45) is 3.02. The Kier molecular flexibility index (Phi) is 3.76. The average Bonchev–Trinajstić information content (AvgIpc) is 3.08. The van der Waals surface area contributed by atoms with E-state index in [1.165, 1.54) is 6.33 Å². The number of halogens is 1. The monoisotopic (exact) mass is 360 g/mol. The summed E-state index contributed by atoms with van der Waals surface area (Å²) >= 11 is 3.41. The Bertz CT molecular complexity index is 824. The maximum atomic E-state index is 12.4. The van der Waals surface area contributed by atoms with E-state index in [-0.39, 0.29) is 5.91 Å². The molecule has 8 heteroatoms. The van der Waals surface area contributed by atoms with Crippen molar-refractivity contribution in [3.8, 4) is 5.69 Å². The van der Waals surface area contributed by atoms with Crippen LogP contribution < -0.4 is 5.32 Å². The molecule has 2 aromatic heterocycles. The number of aryl methyl sites for hydroxylation is 2. The topological polar surface area (TPSA) is 77.6 Å². The smallest absolute Gasteiger partial charge is 0.273 e. The van der Waals surface area contributed by atoms with Gasteiger partial charge in [-0.1, -0.05) is 15.9 Å². The highest BCUT2D eigenvalue weighted by Crippen LogP contribution is 2.24. The number of anilines is 1. The molecule has 0 aliphatic rings. The fourth-order valence-corrected chi connectivity index (χ4v) is 2.51. The van der Waals surface area contributed by atoms with Crippen LogP contribution in [-0.2, 0) is 7.05 Å². The van der Waals surface area contributed by atoms with Crippen molar-refractivity contribution in [2.45, 2.75) is 6.92 Å². The van der Waals surface area contributed by atoms with Crippen molar-refractivity contribution in [2.24, 2.45) is 7.05 Å². The molecule has 112 valence electrons. The lowest BCUT2D eigenvalue weighted by molar-refractivity contribution is 0.101. The summed E-state index contributed by atoms with van der Waals surface area (Å²) in [5.41, 5.74) is 2.64. The van der Waals surface area contributed by atoms with Crippen LogP contribution in [0.25, 0.3) is 5.69 Å². The number of carbonyl (C=O) groups is 1. The van der Waals surface area contributed by atoms with Gasteiger partial charge in [0.25, 0.3) is 5.91 Å². The molecule has 3 aromatic rings. The molecule has 0 saturated carbocycles. The molecule has 0 radical (unpaired) electrons. The van der Waals surface area contributed by atoms with Gasteiger partial charge in [-0.2, -0.15) is 10.2 Å².